The van der Waals surface area contributed by atoms with Gasteiger partial charge in [-0.1, -0.05) is 18.2 Å². The van der Waals surface area contributed by atoms with E-state index in [9.17, 15) is 4.79 Å². The Kier molecular flexibility index (Phi) is 7.09. The van der Waals surface area contributed by atoms with Gasteiger partial charge in [-0.3, -0.25) is 18.3 Å². The highest BCUT2D eigenvalue weighted by atomic mass is 127. The molecule has 1 aliphatic heterocycles. The van der Waals surface area contributed by atoms with Gasteiger partial charge in [0.15, 0.2) is 5.65 Å². The van der Waals surface area contributed by atoms with Crippen LogP contribution >= 0.6 is 30.3 Å². The van der Waals surface area contributed by atoms with Crippen molar-refractivity contribution in [3.8, 4) is 11.3 Å². The lowest BCUT2D eigenvalue weighted by molar-refractivity contribution is -0.120. The Hall–Kier alpha value is -2.15. The molecule has 3 aromatic heterocycles. The van der Waals surface area contributed by atoms with E-state index in [1.165, 1.54) is 0 Å². The van der Waals surface area contributed by atoms with Gasteiger partial charge in [0.2, 0.25) is 5.91 Å². The molecule has 1 fully saturated rings. The first-order valence-electron chi connectivity index (χ1n) is 11.4. The van der Waals surface area contributed by atoms with Crippen molar-refractivity contribution >= 4 is 58.2 Å². The second-order valence-electron chi connectivity index (χ2n) is 8.83. The summed E-state index contributed by atoms with van der Waals surface area (Å²) < 4.78 is 4.03. The summed E-state index contributed by atoms with van der Waals surface area (Å²) in [7, 11) is 5.71. The fourth-order valence-electron chi connectivity index (χ4n) is 4.57. The number of amides is 1. The Morgan fingerprint density at radius 1 is 1.15 bits per heavy atom. The van der Waals surface area contributed by atoms with Crippen molar-refractivity contribution in [1.82, 2.24) is 33.9 Å². The van der Waals surface area contributed by atoms with Crippen molar-refractivity contribution < 1.29 is 4.79 Å². The molecule has 0 spiro atoms. The zero-order valence-electron chi connectivity index (χ0n) is 19.4. The number of nitrogens with one attached hydrogen (secondary N) is 1. The summed E-state index contributed by atoms with van der Waals surface area (Å²) in [6.07, 6.45) is 4.10. The van der Waals surface area contributed by atoms with E-state index < -0.39 is 0 Å². The molecule has 1 N–H and O–H groups in total. The molecule has 8 nitrogen and oxygen atoms in total. The fourth-order valence-corrected chi connectivity index (χ4v) is 6.21. The predicted molar refractivity (Wildman–Crippen MR) is 147 cm³/mol. The Balaban J connectivity index is 1.31. The minimum Gasteiger partial charge on any atom is -0.355 e. The van der Waals surface area contributed by atoms with Crippen molar-refractivity contribution in [1.29, 1.82) is 0 Å². The van der Waals surface area contributed by atoms with Gasteiger partial charge in [0.1, 0.15) is 0 Å². The second kappa shape index (κ2) is 10.2. The number of nitrogens with zero attached hydrogens (tertiary/aromatic N) is 6. The van der Waals surface area contributed by atoms with Crippen LogP contribution in [0, 0.1) is 0 Å². The molecule has 1 saturated heterocycles. The molecule has 4 aromatic rings. The van der Waals surface area contributed by atoms with Crippen LogP contribution in [0.2, 0.25) is 0 Å². The van der Waals surface area contributed by atoms with E-state index in [0.29, 0.717) is 13.0 Å². The Morgan fingerprint density at radius 2 is 1.97 bits per heavy atom. The number of halogens is 1. The van der Waals surface area contributed by atoms with E-state index in [2.05, 4.69) is 70.6 Å². The van der Waals surface area contributed by atoms with Crippen LogP contribution in [0.1, 0.15) is 5.56 Å². The van der Waals surface area contributed by atoms with Crippen LogP contribution in [0.15, 0.2) is 42.7 Å². The van der Waals surface area contributed by atoms with Gasteiger partial charge >= 0.3 is 0 Å². The number of benzene rings is 1. The minimum atomic E-state index is 0.0633. The van der Waals surface area contributed by atoms with Crippen molar-refractivity contribution in [2.75, 3.05) is 46.3 Å². The topological polar surface area (TPSA) is 71.2 Å². The summed E-state index contributed by atoms with van der Waals surface area (Å²) in [6.45, 7) is 5.91. The van der Waals surface area contributed by atoms with E-state index in [1.54, 1.807) is 9.12 Å². The first-order valence-corrected chi connectivity index (χ1v) is 14.7. The quantitative estimate of drug-likeness (QED) is 0.334. The molecule has 0 radical (unpaired) electrons. The lowest BCUT2D eigenvalue weighted by Gasteiger charge is -2.32. The molecular formula is C24H28IN7OS. The number of pyridine rings is 1. The first-order chi connectivity index (χ1) is 16.5. The maximum atomic E-state index is 12.6. The SMILES string of the molecule is CN1CCN(CCNC(=O)Cc2cccc(-c3cc4c5c(cnc4n3SI)cnn5C)c2)CC1. The maximum Gasteiger partial charge on any atom is 0.224 e. The van der Waals surface area contributed by atoms with E-state index >= 15 is 0 Å². The average Bonchev–Trinajstić information content (AvgIpc) is 3.40. The third-order valence-electron chi connectivity index (χ3n) is 6.48. The average molecular weight is 590 g/mol. The van der Waals surface area contributed by atoms with Gasteiger partial charge in [0, 0.05) is 93.6 Å². The van der Waals surface area contributed by atoms with Gasteiger partial charge in [0.25, 0.3) is 0 Å². The highest BCUT2D eigenvalue weighted by Crippen LogP contribution is 2.36. The Bertz CT molecular complexity index is 1330. The highest BCUT2D eigenvalue weighted by molar-refractivity contribution is 14.2. The van der Waals surface area contributed by atoms with Gasteiger partial charge in [-0.2, -0.15) is 5.10 Å². The van der Waals surface area contributed by atoms with Crippen LogP contribution in [0.5, 0.6) is 0 Å². The third kappa shape index (κ3) is 4.81. The van der Waals surface area contributed by atoms with Crippen molar-refractivity contribution in [2.45, 2.75) is 6.42 Å². The van der Waals surface area contributed by atoms with Crippen LogP contribution in [-0.2, 0) is 18.3 Å². The zero-order valence-corrected chi connectivity index (χ0v) is 22.3. The molecule has 5 rings (SSSR count). The highest BCUT2D eigenvalue weighted by Gasteiger charge is 2.17. The number of carbonyl (C=O) groups is 1. The standard InChI is InChI=1S/C24H28IN7OS/c1-29-8-10-31(11-9-29)7-6-26-22(33)13-17-4-3-5-18(12-17)21-14-20-23-19(16-28-30(23)2)15-27-24(20)32(21)34-25/h3-5,12,14-16H,6-11,13H2,1-2H3,(H,26,33). The molecule has 10 heteroatoms. The normalized spacial score (nSPS) is 15.4. The van der Waals surface area contributed by atoms with Gasteiger partial charge in [-0.05, 0) is 30.3 Å². The summed E-state index contributed by atoms with van der Waals surface area (Å²) in [5, 5.41) is 9.59. The van der Waals surface area contributed by atoms with Crippen molar-refractivity contribution in [3.63, 3.8) is 0 Å². The number of carbonyl (C=O) groups excluding carboxylic acids is 1. The number of hydrogen-bond acceptors (Lipinski definition) is 6. The number of rotatable bonds is 7. The molecule has 0 aliphatic carbocycles. The molecule has 0 atom stereocenters. The fraction of sp³-hybridized carbons (Fsp3) is 0.375. The number of likely N-dealkylation sites (N-methyl/N-ethyl adjacent to an activating group) is 1. The summed E-state index contributed by atoms with van der Waals surface area (Å²) in [5.41, 5.74) is 5.13. The smallest absolute Gasteiger partial charge is 0.224 e. The summed E-state index contributed by atoms with van der Waals surface area (Å²) in [4.78, 5) is 22.1. The lowest BCUT2D eigenvalue weighted by atomic mass is 10.1. The molecule has 0 saturated carbocycles. The van der Waals surface area contributed by atoms with E-state index in [0.717, 1.165) is 71.5 Å². The summed E-state index contributed by atoms with van der Waals surface area (Å²) in [5.74, 6) is 0.0633. The van der Waals surface area contributed by atoms with E-state index in [-0.39, 0.29) is 5.91 Å². The number of aryl methyl sites for hydroxylation is 1. The Labute approximate surface area is 215 Å². The zero-order chi connectivity index (χ0) is 23.7. The van der Waals surface area contributed by atoms with Gasteiger partial charge < -0.3 is 10.2 Å². The molecule has 178 valence electrons. The lowest BCUT2D eigenvalue weighted by Crippen LogP contribution is -2.47. The molecule has 1 aliphatic rings. The van der Waals surface area contributed by atoms with Crippen LogP contribution in [0.25, 0.3) is 33.2 Å². The van der Waals surface area contributed by atoms with Crippen LogP contribution < -0.4 is 5.32 Å². The van der Waals surface area contributed by atoms with Crippen LogP contribution in [0.4, 0.5) is 0 Å². The van der Waals surface area contributed by atoms with Crippen molar-refractivity contribution in [2.24, 2.45) is 7.05 Å². The van der Waals surface area contributed by atoms with Crippen LogP contribution in [0.3, 0.4) is 0 Å². The number of aromatic nitrogens is 4. The third-order valence-corrected chi connectivity index (χ3v) is 8.17. The molecule has 1 amide bonds. The van der Waals surface area contributed by atoms with Gasteiger partial charge in [-0.15, -0.1) is 0 Å². The van der Waals surface area contributed by atoms with Crippen molar-refractivity contribution in [3.05, 3.63) is 48.3 Å². The minimum absolute atomic E-state index is 0.0633. The Morgan fingerprint density at radius 3 is 2.76 bits per heavy atom. The molecule has 4 heterocycles. The molecule has 0 bridgehead atoms. The number of fused-ring (bicyclic) bond motifs is 3. The van der Waals surface area contributed by atoms with E-state index in [4.69, 9.17) is 4.98 Å². The largest absolute Gasteiger partial charge is 0.355 e. The summed E-state index contributed by atoms with van der Waals surface area (Å²) in [6, 6.07) is 10.4. The monoisotopic (exact) mass is 589 g/mol. The number of hydrogen-bond donors (Lipinski definition) is 1. The predicted octanol–water partition coefficient (Wildman–Crippen LogP) is 3.34. The van der Waals surface area contributed by atoms with E-state index in [1.807, 2.05) is 36.3 Å². The van der Waals surface area contributed by atoms with Gasteiger partial charge in [0.05, 0.1) is 23.8 Å². The molecule has 0 unspecified atom stereocenters. The first kappa shape index (κ1) is 23.6. The summed E-state index contributed by atoms with van der Waals surface area (Å²) >= 11 is 2.29. The molecule has 34 heavy (non-hydrogen) atoms. The van der Waals surface area contributed by atoms with Crippen LogP contribution in [-0.4, -0.2) is 80.8 Å². The molecular weight excluding hydrogens is 561 g/mol. The van der Waals surface area contributed by atoms with Gasteiger partial charge in [-0.25, -0.2) is 4.98 Å². The molecule has 1 aromatic carbocycles. The maximum absolute atomic E-state index is 12.6. The number of piperazine rings is 1. The second-order valence-corrected chi connectivity index (χ2v) is 10.5.